The summed E-state index contributed by atoms with van der Waals surface area (Å²) in [6, 6.07) is 16.5. The van der Waals surface area contributed by atoms with Crippen LogP contribution < -0.4 is 4.90 Å². The van der Waals surface area contributed by atoms with E-state index in [1.807, 2.05) is 62.4 Å². The van der Waals surface area contributed by atoms with Crippen molar-refractivity contribution in [1.82, 2.24) is 14.6 Å². The van der Waals surface area contributed by atoms with E-state index in [-0.39, 0.29) is 28.9 Å². The van der Waals surface area contributed by atoms with E-state index in [0.717, 1.165) is 27.8 Å². The summed E-state index contributed by atoms with van der Waals surface area (Å²) in [5, 5.41) is 4.09. The predicted molar refractivity (Wildman–Crippen MR) is 115 cm³/mol. The summed E-state index contributed by atoms with van der Waals surface area (Å²) in [5.41, 5.74) is 4.11. The van der Waals surface area contributed by atoms with Crippen LogP contribution in [0.5, 0.6) is 0 Å². The van der Waals surface area contributed by atoms with E-state index in [4.69, 9.17) is 0 Å². The first-order valence-corrected chi connectivity index (χ1v) is 10.1. The second-order valence-corrected chi connectivity index (χ2v) is 7.88. The lowest BCUT2D eigenvalue weighted by Crippen LogP contribution is -2.35. The lowest BCUT2D eigenvalue weighted by molar-refractivity contribution is 0.0982. The van der Waals surface area contributed by atoms with E-state index in [1.54, 1.807) is 4.90 Å². The number of amides is 1. The van der Waals surface area contributed by atoms with Crippen molar-refractivity contribution in [2.75, 3.05) is 4.90 Å². The molecule has 1 amide bonds. The van der Waals surface area contributed by atoms with Crippen molar-refractivity contribution in [3.05, 3.63) is 83.2 Å². The van der Waals surface area contributed by atoms with Crippen molar-refractivity contribution in [3.8, 4) is 11.3 Å². The quantitative estimate of drug-likeness (QED) is 0.458. The Hall–Kier alpha value is -3.61. The van der Waals surface area contributed by atoms with Gasteiger partial charge < -0.3 is 4.90 Å². The Labute approximate surface area is 178 Å². The molecular weight excluding hydrogens is 398 g/mol. The second-order valence-electron chi connectivity index (χ2n) is 7.88. The number of aryl methyl sites for hydroxylation is 1. The van der Waals surface area contributed by atoms with Gasteiger partial charge in [-0.25, -0.2) is 18.3 Å². The molecule has 0 N–H and O–H groups in total. The van der Waals surface area contributed by atoms with Gasteiger partial charge in [-0.15, -0.1) is 0 Å². The minimum Gasteiger partial charge on any atom is -0.305 e. The molecule has 0 unspecified atom stereocenters. The van der Waals surface area contributed by atoms with Crippen molar-refractivity contribution >= 4 is 17.2 Å². The van der Waals surface area contributed by atoms with Crippen LogP contribution in [0.25, 0.3) is 16.9 Å². The monoisotopic (exact) mass is 418 g/mol. The van der Waals surface area contributed by atoms with Gasteiger partial charge in [0.2, 0.25) is 0 Å². The number of nitrogens with zero attached hydrogens (tertiary/aromatic N) is 4. The minimum atomic E-state index is -2.76. The summed E-state index contributed by atoms with van der Waals surface area (Å²) in [5.74, 6) is -0.291. The molecule has 0 spiro atoms. The molecule has 4 aromatic rings. The van der Waals surface area contributed by atoms with Crippen LogP contribution in [-0.2, 0) is 6.42 Å². The molecule has 7 heteroatoms. The van der Waals surface area contributed by atoms with Gasteiger partial charge in [0.15, 0.2) is 5.65 Å². The Balaban J connectivity index is 1.66. The van der Waals surface area contributed by atoms with E-state index in [9.17, 15) is 13.6 Å². The van der Waals surface area contributed by atoms with Gasteiger partial charge in [0.05, 0.1) is 11.9 Å². The number of fused-ring (bicyclic) bond motifs is 2. The van der Waals surface area contributed by atoms with Gasteiger partial charge in [-0.2, -0.15) is 5.10 Å². The second kappa shape index (κ2) is 7.27. The number of carbonyl (C=O) groups is 1. The molecule has 0 fully saturated rings. The molecule has 2 aromatic carbocycles. The van der Waals surface area contributed by atoms with Crippen molar-refractivity contribution in [1.29, 1.82) is 0 Å². The smallest absolute Gasteiger partial charge is 0.280 e. The number of carbonyl (C=O) groups excluding carboxylic acids is 1. The molecule has 0 bridgehead atoms. The average molecular weight is 418 g/mol. The van der Waals surface area contributed by atoms with Gasteiger partial charge >= 0.3 is 0 Å². The maximum absolute atomic E-state index is 13.8. The molecule has 1 aliphatic heterocycles. The number of anilines is 1. The zero-order valence-electron chi connectivity index (χ0n) is 17.1. The Morgan fingerprint density at radius 3 is 2.61 bits per heavy atom. The largest absolute Gasteiger partial charge is 0.305 e. The lowest BCUT2D eigenvalue weighted by atomic mass is 10.1. The summed E-state index contributed by atoms with van der Waals surface area (Å²) < 4.78 is 28.8. The fourth-order valence-corrected chi connectivity index (χ4v) is 4.17. The van der Waals surface area contributed by atoms with Crippen LogP contribution >= 0.6 is 0 Å². The number of para-hydroxylation sites is 1. The molecule has 0 saturated heterocycles. The minimum absolute atomic E-state index is 0.0466. The van der Waals surface area contributed by atoms with Crippen LogP contribution in [0.3, 0.4) is 0 Å². The maximum atomic E-state index is 13.8. The van der Waals surface area contributed by atoms with Crippen LogP contribution in [0, 0.1) is 6.92 Å². The zero-order chi connectivity index (χ0) is 21.7. The highest BCUT2D eigenvalue weighted by Crippen LogP contribution is 2.34. The molecule has 1 atom stereocenters. The summed E-state index contributed by atoms with van der Waals surface area (Å²) in [7, 11) is 0. The molecule has 3 heterocycles. The number of hydrogen-bond acceptors (Lipinski definition) is 3. The van der Waals surface area contributed by atoms with Gasteiger partial charge in [0.25, 0.3) is 12.3 Å². The van der Waals surface area contributed by atoms with Gasteiger partial charge in [0, 0.05) is 17.3 Å². The summed E-state index contributed by atoms with van der Waals surface area (Å²) in [6.07, 6.45) is -0.682. The summed E-state index contributed by atoms with van der Waals surface area (Å²) in [4.78, 5) is 19.8. The van der Waals surface area contributed by atoms with Gasteiger partial charge in [0.1, 0.15) is 11.3 Å². The Kier molecular flexibility index (Phi) is 4.54. The molecule has 5 rings (SSSR count). The summed E-state index contributed by atoms with van der Waals surface area (Å²) in [6.45, 7) is 3.92. The van der Waals surface area contributed by atoms with Gasteiger partial charge in [-0.05, 0) is 38.0 Å². The van der Waals surface area contributed by atoms with E-state index in [2.05, 4.69) is 10.1 Å². The zero-order valence-corrected chi connectivity index (χ0v) is 17.1. The topological polar surface area (TPSA) is 50.5 Å². The molecule has 1 aliphatic rings. The number of alkyl halides is 2. The number of rotatable bonds is 3. The standard InChI is InChI=1S/C24H20F2N4O/c1-14-7-9-16(10-8-14)19-12-21(22(25)26)30-23(28-19)18(13-27-30)24(31)29-15(2)11-17-5-3-4-6-20(17)29/h3-10,12-13,15,22H,11H2,1-2H3/t15-/m0/s1. The first-order valence-electron chi connectivity index (χ1n) is 10.1. The van der Waals surface area contributed by atoms with Crippen molar-refractivity contribution in [3.63, 3.8) is 0 Å². The average Bonchev–Trinajstić information content (AvgIpc) is 3.33. The van der Waals surface area contributed by atoms with Crippen LogP contribution in [0.15, 0.2) is 60.8 Å². The van der Waals surface area contributed by atoms with Crippen LogP contribution in [0.4, 0.5) is 14.5 Å². The Bertz CT molecular complexity index is 1300. The molecule has 0 saturated carbocycles. The first kappa shape index (κ1) is 19.4. The van der Waals surface area contributed by atoms with Gasteiger partial charge in [-0.1, -0.05) is 48.0 Å². The number of hydrogen-bond donors (Lipinski definition) is 0. The Morgan fingerprint density at radius 1 is 1.13 bits per heavy atom. The van der Waals surface area contributed by atoms with E-state index in [0.29, 0.717) is 11.3 Å². The van der Waals surface area contributed by atoms with Crippen LogP contribution in [0.2, 0.25) is 0 Å². The fraction of sp³-hybridized carbons (Fsp3) is 0.208. The van der Waals surface area contributed by atoms with Crippen molar-refractivity contribution in [2.24, 2.45) is 0 Å². The third-order valence-corrected chi connectivity index (χ3v) is 5.73. The van der Waals surface area contributed by atoms with E-state index < -0.39 is 6.43 Å². The Morgan fingerprint density at radius 2 is 1.87 bits per heavy atom. The third-order valence-electron chi connectivity index (χ3n) is 5.73. The number of halogens is 2. The number of aromatic nitrogens is 3. The van der Waals surface area contributed by atoms with Crippen molar-refractivity contribution in [2.45, 2.75) is 32.7 Å². The molecular formula is C24H20F2N4O. The summed E-state index contributed by atoms with van der Waals surface area (Å²) >= 11 is 0. The molecule has 0 radical (unpaired) electrons. The highest BCUT2D eigenvalue weighted by atomic mass is 19.3. The normalized spacial score (nSPS) is 15.6. The lowest BCUT2D eigenvalue weighted by Gasteiger charge is -2.22. The van der Waals surface area contributed by atoms with Crippen molar-refractivity contribution < 1.29 is 13.6 Å². The fourth-order valence-electron chi connectivity index (χ4n) is 4.17. The number of benzene rings is 2. The highest BCUT2D eigenvalue weighted by Gasteiger charge is 2.33. The van der Waals surface area contributed by atoms with E-state index >= 15 is 0 Å². The maximum Gasteiger partial charge on any atom is 0.280 e. The first-order chi connectivity index (χ1) is 14.9. The molecule has 2 aromatic heterocycles. The van der Waals surface area contributed by atoms with Crippen LogP contribution in [-0.4, -0.2) is 26.5 Å². The third kappa shape index (κ3) is 3.17. The van der Waals surface area contributed by atoms with E-state index in [1.165, 1.54) is 12.3 Å². The molecule has 5 nitrogen and oxygen atoms in total. The van der Waals surface area contributed by atoms with Gasteiger partial charge in [-0.3, -0.25) is 4.79 Å². The highest BCUT2D eigenvalue weighted by molar-refractivity contribution is 6.11. The predicted octanol–water partition coefficient (Wildman–Crippen LogP) is 5.23. The SMILES string of the molecule is Cc1ccc(-c2cc(C(F)F)n3ncc(C(=O)N4c5ccccc5C[C@@H]4C)c3n2)cc1. The van der Waals surface area contributed by atoms with Crippen LogP contribution in [0.1, 0.15) is 40.5 Å². The molecule has 156 valence electrons. The molecule has 0 aliphatic carbocycles. The molecule has 31 heavy (non-hydrogen) atoms.